The first-order valence-electron chi connectivity index (χ1n) is 9.71. The molecular weight excluding hydrogens is 356 g/mol. The number of piperazine rings is 1. The Morgan fingerprint density at radius 2 is 1.79 bits per heavy atom. The van der Waals surface area contributed by atoms with Crippen LogP contribution in [0.25, 0.3) is 0 Å². The fraction of sp³-hybridized carbons (Fsp3) is 0.381. The molecule has 0 aromatic heterocycles. The van der Waals surface area contributed by atoms with E-state index < -0.39 is 4.92 Å². The second-order valence-electron chi connectivity index (χ2n) is 7.46. The number of anilines is 1. The van der Waals surface area contributed by atoms with Crippen molar-refractivity contribution in [1.29, 1.82) is 0 Å². The molecule has 1 amide bonds. The van der Waals surface area contributed by atoms with Crippen molar-refractivity contribution in [3.05, 3.63) is 69.8 Å². The van der Waals surface area contributed by atoms with Crippen LogP contribution >= 0.6 is 0 Å². The van der Waals surface area contributed by atoms with Gasteiger partial charge in [-0.15, -0.1) is 0 Å². The molecule has 1 saturated carbocycles. The minimum atomic E-state index is -0.417. The maximum Gasteiger partial charge on any atom is 0.293 e. The highest BCUT2D eigenvalue weighted by Gasteiger charge is 2.27. The average Bonchev–Trinajstić information content (AvgIpc) is 3.53. The van der Waals surface area contributed by atoms with Gasteiger partial charge >= 0.3 is 0 Å². The van der Waals surface area contributed by atoms with Crippen molar-refractivity contribution in [2.45, 2.75) is 25.4 Å². The van der Waals surface area contributed by atoms with E-state index in [0.29, 0.717) is 30.4 Å². The molecule has 2 aliphatic rings. The number of hydrogen-bond donors (Lipinski definition) is 1. The Kier molecular flexibility index (Phi) is 5.25. The molecule has 1 aliphatic carbocycles. The summed E-state index contributed by atoms with van der Waals surface area (Å²) in [6.45, 7) is 3.72. The highest BCUT2D eigenvalue weighted by atomic mass is 16.6. The first kappa shape index (κ1) is 18.4. The van der Waals surface area contributed by atoms with Gasteiger partial charge in [-0.1, -0.05) is 30.3 Å². The third-order valence-electron chi connectivity index (χ3n) is 5.29. The van der Waals surface area contributed by atoms with Crippen LogP contribution in [-0.2, 0) is 6.54 Å². The lowest BCUT2D eigenvalue weighted by molar-refractivity contribution is -0.384. The number of carbonyl (C=O) groups is 1. The summed E-state index contributed by atoms with van der Waals surface area (Å²) in [6, 6.07) is 15.4. The Bertz CT molecular complexity index is 859. The SMILES string of the molecule is O=C(c1ccc(NC2CC2)c([N+](=O)[O-])c1)N1CCN(Cc2ccccc2)CC1. The van der Waals surface area contributed by atoms with Crippen molar-refractivity contribution in [2.24, 2.45) is 0 Å². The van der Waals surface area contributed by atoms with Gasteiger partial charge in [0, 0.05) is 50.4 Å². The van der Waals surface area contributed by atoms with Crippen molar-refractivity contribution < 1.29 is 9.72 Å². The lowest BCUT2D eigenvalue weighted by Gasteiger charge is -2.34. The lowest BCUT2D eigenvalue weighted by atomic mass is 10.1. The monoisotopic (exact) mass is 380 g/mol. The van der Waals surface area contributed by atoms with E-state index in [2.05, 4.69) is 22.3 Å². The van der Waals surface area contributed by atoms with Gasteiger partial charge in [-0.2, -0.15) is 0 Å². The van der Waals surface area contributed by atoms with Gasteiger partial charge < -0.3 is 10.2 Å². The maximum atomic E-state index is 12.8. The van der Waals surface area contributed by atoms with Crippen LogP contribution in [0.2, 0.25) is 0 Å². The Balaban J connectivity index is 1.39. The molecule has 7 nitrogen and oxygen atoms in total. The van der Waals surface area contributed by atoms with Gasteiger partial charge in [-0.3, -0.25) is 19.8 Å². The van der Waals surface area contributed by atoms with Crippen molar-refractivity contribution in [3.8, 4) is 0 Å². The number of nitro groups is 1. The molecule has 1 N–H and O–H groups in total. The van der Waals surface area contributed by atoms with Crippen LogP contribution in [0.5, 0.6) is 0 Å². The van der Waals surface area contributed by atoms with E-state index in [4.69, 9.17) is 0 Å². The van der Waals surface area contributed by atoms with E-state index >= 15 is 0 Å². The summed E-state index contributed by atoms with van der Waals surface area (Å²) >= 11 is 0. The fourth-order valence-electron chi connectivity index (χ4n) is 3.52. The highest BCUT2D eigenvalue weighted by molar-refractivity contribution is 5.95. The van der Waals surface area contributed by atoms with E-state index in [1.54, 1.807) is 17.0 Å². The topological polar surface area (TPSA) is 78.7 Å². The van der Waals surface area contributed by atoms with Gasteiger partial charge in [-0.25, -0.2) is 0 Å². The number of hydrogen-bond acceptors (Lipinski definition) is 5. The van der Waals surface area contributed by atoms with Crippen molar-refractivity contribution >= 4 is 17.3 Å². The molecule has 146 valence electrons. The highest BCUT2D eigenvalue weighted by Crippen LogP contribution is 2.31. The zero-order chi connectivity index (χ0) is 19.5. The van der Waals surface area contributed by atoms with Crippen LogP contribution in [0.4, 0.5) is 11.4 Å². The number of benzene rings is 2. The molecule has 0 atom stereocenters. The molecule has 2 aromatic rings. The van der Waals surface area contributed by atoms with Crippen LogP contribution in [0, 0.1) is 10.1 Å². The molecule has 28 heavy (non-hydrogen) atoms. The zero-order valence-electron chi connectivity index (χ0n) is 15.7. The van der Waals surface area contributed by atoms with E-state index in [1.165, 1.54) is 11.6 Å². The Labute approximate surface area is 164 Å². The molecule has 2 aromatic carbocycles. The molecule has 4 rings (SSSR count). The normalized spacial score (nSPS) is 17.4. The van der Waals surface area contributed by atoms with Crippen LogP contribution in [0.15, 0.2) is 48.5 Å². The predicted molar refractivity (Wildman–Crippen MR) is 107 cm³/mol. The second-order valence-corrected chi connectivity index (χ2v) is 7.46. The molecule has 2 fully saturated rings. The van der Waals surface area contributed by atoms with Crippen LogP contribution in [-0.4, -0.2) is 52.9 Å². The van der Waals surface area contributed by atoms with Crippen molar-refractivity contribution in [2.75, 3.05) is 31.5 Å². The third kappa shape index (κ3) is 4.31. The summed E-state index contributed by atoms with van der Waals surface area (Å²) in [5.41, 5.74) is 2.11. The van der Waals surface area contributed by atoms with E-state index in [0.717, 1.165) is 32.5 Å². The van der Waals surface area contributed by atoms with Crippen molar-refractivity contribution in [1.82, 2.24) is 9.80 Å². The lowest BCUT2D eigenvalue weighted by Crippen LogP contribution is -2.48. The Hall–Kier alpha value is -2.93. The minimum Gasteiger partial charge on any atom is -0.377 e. The van der Waals surface area contributed by atoms with E-state index in [-0.39, 0.29) is 11.6 Å². The minimum absolute atomic E-state index is 0.0273. The third-order valence-corrected chi connectivity index (χ3v) is 5.29. The molecule has 7 heteroatoms. The van der Waals surface area contributed by atoms with E-state index in [9.17, 15) is 14.9 Å². The number of nitro benzene ring substituents is 1. The average molecular weight is 380 g/mol. The Morgan fingerprint density at radius 1 is 1.07 bits per heavy atom. The van der Waals surface area contributed by atoms with Crippen LogP contribution in [0.1, 0.15) is 28.8 Å². The Morgan fingerprint density at radius 3 is 2.43 bits per heavy atom. The molecule has 1 heterocycles. The van der Waals surface area contributed by atoms with Crippen molar-refractivity contribution in [3.63, 3.8) is 0 Å². The summed E-state index contributed by atoms with van der Waals surface area (Å²) in [6.07, 6.45) is 2.07. The number of nitrogens with zero attached hydrogens (tertiary/aromatic N) is 3. The second kappa shape index (κ2) is 7.98. The predicted octanol–water partition coefficient (Wildman–Crippen LogP) is 3.13. The summed E-state index contributed by atoms with van der Waals surface area (Å²) < 4.78 is 0. The molecule has 0 unspecified atom stereocenters. The summed E-state index contributed by atoms with van der Waals surface area (Å²) in [5, 5.41) is 14.6. The molecule has 1 aliphatic heterocycles. The van der Waals surface area contributed by atoms with Gasteiger partial charge in [0.1, 0.15) is 5.69 Å². The van der Waals surface area contributed by atoms with E-state index in [1.807, 2.05) is 18.2 Å². The van der Waals surface area contributed by atoms with Gasteiger partial charge in [-0.05, 0) is 30.5 Å². The summed E-state index contributed by atoms with van der Waals surface area (Å²) in [5.74, 6) is -0.138. The summed E-state index contributed by atoms with van der Waals surface area (Å²) in [4.78, 5) is 28.0. The molecule has 0 spiro atoms. The molecule has 1 saturated heterocycles. The number of carbonyl (C=O) groups excluding carboxylic acids is 1. The van der Waals surface area contributed by atoms with Gasteiger partial charge in [0.05, 0.1) is 4.92 Å². The summed E-state index contributed by atoms with van der Waals surface area (Å²) in [7, 11) is 0. The van der Waals surface area contributed by atoms with Crippen LogP contribution in [0.3, 0.4) is 0 Å². The standard InChI is InChI=1S/C21H24N4O3/c26-21(17-6-9-19(22-18-7-8-18)20(14-17)25(27)28)24-12-10-23(11-13-24)15-16-4-2-1-3-5-16/h1-6,9,14,18,22H,7-8,10-13,15H2. The first-order chi connectivity index (χ1) is 13.6. The molecular formula is C21H24N4O3. The largest absolute Gasteiger partial charge is 0.377 e. The first-order valence-corrected chi connectivity index (χ1v) is 9.71. The van der Waals surface area contributed by atoms with Crippen LogP contribution < -0.4 is 5.32 Å². The number of nitrogens with one attached hydrogen (secondary N) is 1. The molecule has 0 bridgehead atoms. The fourth-order valence-corrected chi connectivity index (χ4v) is 3.52. The van der Waals surface area contributed by atoms with Gasteiger partial charge in [0.15, 0.2) is 0 Å². The number of rotatable bonds is 6. The zero-order valence-corrected chi connectivity index (χ0v) is 15.7. The number of amides is 1. The van der Waals surface area contributed by atoms with Gasteiger partial charge in [0.25, 0.3) is 11.6 Å². The van der Waals surface area contributed by atoms with Gasteiger partial charge in [0.2, 0.25) is 0 Å². The quantitative estimate of drug-likeness (QED) is 0.615. The smallest absolute Gasteiger partial charge is 0.293 e. The molecule has 0 radical (unpaired) electrons. The maximum absolute atomic E-state index is 12.8.